The van der Waals surface area contributed by atoms with Gasteiger partial charge in [-0.25, -0.2) is 0 Å². The maximum atomic E-state index is 14.9. The second-order valence-electron chi connectivity index (χ2n) is 14.0. The van der Waals surface area contributed by atoms with E-state index in [0.717, 1.165) is 25.1 Å². The van der Waals surface area contributed by atoms with Crippen LogP contribution < -0.4 is 0 Å². The molecule has 6 atom stereocenters. The Morgan fingerprint density at radius 1 is 1.09 bits per heavy atom. The summed E-state index contributed by atoms with van der Waals surface area (Å²) in [5.41, 5.74) is 1.01. The van der Waals surface area contributed by atoms with Gasteiger partial charge < -0.3 is 24.5 Å². The van der Waals surface area contributed by atoms with Crippen molar-refractivity contribution in [1.82, 2.24) is 19.6 Å². The van der Waals surface area contributed by atoms with Crippen molar-refractivity contribution in [1.29, 1.82) is 0 Å². The van der Waals surface area contributed by atoms with E-state index in [2.05, 4.69) is 38.8 Å². The Morgan fingerprint density at radius 3 is 2.39 bits per heavy atom. The van der Waals surface area contributed by atoms with Crippen LogP contribution >= 0.6 is 11.8 Å². The first-order valence-electron chi connectivity index (χ1n) is 16.9. The van der Waals surface area contributed by atoms with Crippen LogP contribution in [0.4, 0.5) is 0 Å². The Hall–Kier alpha value is -2.66. The molecule has 4 heterocycles. The van der Waals surface area contributed by atoms with Gasteiger partial charge in [-0.05, 0) is 37.7 Å². The third-order valence-electron chi connectivity index (χ3n) is 10.4. The molecule has 1 aromatic rings. The van der Waals surface area contributed by atoms with Crippen LogP contribution in [0.3, 0.4) is 0 Å². The van der Waals surface area contributed by atoms with E-state index in [-0.39, 0.29) is 30.2 Å². The summed E-state index contributed by atoms with van der Waals surface area (Å²) in [5.74, 6) is -1.36. The van der Waals surface area contributed by atoms with Crippen molar-refractivity contribution in [3.63, 3.8) is 0 Å². The number of thioether (sulfide) groups is 1. The molecule has 1 aromatic carbocycles. The van der Waals surface area contributed by atoms with Crippen LogP contribution in [0.1, 0.15) is 45.6 Å². The lowest BCUT2D eigenvalue weighted by Gasteiger charge is -2.40. The largest absolute Gasteiger partial charge is 0.394 e. The van der Waals surface area contributed by atoms with Crippen molar-refractivity contribution >= 4 is 29.5 Å². The van der Waals surface area contributed by atoms with Crippen LogP contribution in [-0.2, 0) is 25.7 Å². The number of aliphatic hydroxyl groups is 1. The summed E-state index contributed by atoms with van der Waals surface area (Å²) in [6, 6.07) is 8.60. The Morgan fingerprint density at radius 2 is 1.76 bits per heavy atom. The van der Waals surface area contributed by atoms with Crippen LogP contribution in [0, 0.1) is 17.8 Å². The normalized spacial score (nSPS) is 29.5. The van der Waals surface area contributed by atoms with Crippen LogP contribution in [0.5, 0.6) is 0 Å². The second-order valence-corrected chi connectivity index (χ2v) is 15.9. The van der Waals surface area contributed by atoms with Crippen LogP contribution in [0.2, 0.25) is 0 Å². The number of rotatable bonds is 15. The molecule has 10 heteroatoms. The average Bonchev–Trinajstić information content (AvgIpc) is 3.62. The zero-order valence-electron chi connectivity index (χ0n) is 27.8. The molecule has 0 saturated carbocycles. The number of fused-ring (bicyclic) bond motifs is 1. The summed E-state index contributed by atoms with van der Waals surface area (Å²) in [5, 5.41) is 10.7. The van der Waals surface area contributed by atoms with E-state index in [9.17, 15) is 19.5 Å². The van der Waals surface area contributed by atoms with E-state index in [1.165, 1.54) is 0 Å². The first-order chi connectivity index (χ1) is 22.1. The van der Waals surface area contributed by atoms with Crippen LogP contribution in [0.15, 0.2) is 55.6 Å². The maximum Gasteiger partial charge on any atom is 0.247 e. The highest BCUT2D eigenvalue weighted by Crippen LogP contribution is 2.72. The average molecular weight is 653 g/mol. The molecule has 0 radical (unpaired) electrons. The van der Waals surface area contributed by atoms with Gasteiger partial charge in [0.25, 0.3) is 0 Å². The second kappa shape index (κ2) is 14.6. The fourth-order valence-corrected chi connectivity index (χ4v) is 10.7. The van der Waals surface area contributed by atoms with Crippen molar-refractivity contribution < 1.29 is 24.2 Å². The van der Waals surface area contributed by atoms with Gasteiger partial charge in [0.15, 0.2) is 0 Å². The monoisotopic (exact) mass is 652 g/mol. The maximum absolute atomic E-state index is 14.9. The van der Waals surface area contributed by atoms with Crippen molar-refractivity contribution in [2.45, 2.75) is 68.2 Å². The molecule has 4 aliphatic rings. The van der Waals surface area contributed by atoms with Crippen LogP contribution in [0.25, 0.3) is 0 Å². The first kappa shape index (κ1) is 34.7. The molecule has 5 rings (SSSR count). The Kier molecular flexibility index (Phi) is 11.0. The fourth-order valence-electron chi connectivity index (χ4n) is 8.33. The van der Waals surface area contributed by atoms with Gasteiger partial charge in [0, 0.05) is 50.6 Å². The number of hydrogen-bond donors (Lipinski definition) is 1. The molecule has 252 valence electrons. The van der Waals surface area contributed by atoms with E-state index in [4.69, 9.17) is 4.74 Å². The minimum absolute atomic E-state index is 0.0635. The zero-order chi connectivity index (χ0) is 33.1. The van der Waals surface area contributed by atoms with E-state index in [0.29, 0.717) is 58.8 Å². The van der Waals surface area contributed by atoms with Gasteiger partial charge in [0.1, 0.15) is 6.04 Å². The number of likely N-dealkylation sites (tertiary alicyclic amines) is 1. The topological polar surface area (TPSA) is 93.6 Å². The number of hydrogen-bond acceptors (Lipinski definition) is 7. The number of benzene rings is 1. The SMILES string of the molecule is C=CCN(CCN1CCOCC1)C(=O)C1N([C@@H](CO)CC(C)C)C(=O)[C@@H]2[C@@H](C(=O)N(CC=C)Cc3ccccc3)[C@@]3(C)CCC12S3. The summed E-state index contributed by atoms with van der Waals surface area (Å²) in [4.78, 5) is 52.0. The van der Waals surface area contributed by atoms with Gasteiger partial charge in [0.2, 0.25) is 17.7 Å². The quantitative estimate of drug-likeness (QED) is 0.290. The van der Waals surface area contributed by atoms with E-state index in [1.54, 1.807) is 28.8 Å². The van der Waals surface area contributed by atoms with E-state index in [1.807, 2.05) is 40.1 Å². The smallest absolute Gasteiger partial charge is 0.247 e. The zero-order valence-corrected chi connectivity index (χ0v) is 28.6. The molecule has 3 amide bonds. The summed E-state index contributed by atoms with van der Waals surface area (Å²) >= 11 is 1.68. The molecule has 46 heavy (non-hydrogen) atoms. The lowest BCUT2D eigenvalue weighted by molar-refractivity contribution is -0.148. The highest BCUT2D eigenvalue weighted by atomic mass is 32.2. The molecule has 4 saturated heterocycles. The number of ether oxygens (including phenoxy) is 1. The summed E-state index contributed by atoms with van der Waals surface area (Å²) in [6.45, 7) is 19.2. The number of nitrogens with zero attached hydrogens (tertiary/aromatic N) is 4. The number of carbonyl (C=O) groups is 3. The highest BCUT2D eigenvalue weighted by molar-refractivity contribution is 8.02. The van der Waals surface area contributed by atoms with E-state index >= 15 is 0 Å². The summed E-state index contributed by atoms with van der Waals surface area (Å²) in [6.07, 6.45) is 5.47. The summed E-state index contributed by atoms with van der Waals surface area (Å²) < 4.78 is 4.28. The molecular formula is C36H52N4O5S. The molecule has 4 fully saturated rings. The Labute approximate surface area is 279 Å². The lowest BCUT2D eigenvalue weighted by Crippen LogP contribution is -2.58. The standard InChI is InChI=1S/C36H52N4O5S/c1-6-15-38(18-17-37-19-21-45-22-20-37)34(44)31-36-14-13-35(5,46-36)29(30(36)33(43)40(31)28(25-41)23-26(3)4)32(42)39(16-7-2)24-27-11-9-8-10-12-27/h6-12,26,28-31,41H,1-2,13-25H2,3-5H3/t28-,29+,30+,31?,35-,36?/m1/s1. The molecule has 1 N–H and O–H groups in total. The third-order valence-corrected chi connectivity index (χ3v) is 12.4. The molecular weight excluding hydrogens is 600 g/mol. The van der Waals surface area contributed by atoms with Crippen molar-refractivity contribution in [3.8, 4) is 0 Å². The molecule has 2 unspecified atom stereocenters. The van der Waals surface area contributed by atoms with Gasteiger partial charge in [-0.3, -0.25) is 19.3 Å². The minimum atomic E-state index is -0.767. The highest BCUT2D eigenvalue weighted by Gasteiger charge is 2.78. The fraction of sp³-hybridized carbons (Fsp3) is 0.639. The summed E-state index contributed by atoms with van der Waals surface area (Å²) in [7, 11) is 0. The number of aliphatic hydroxyl groups excluding tert-OH is 1. The lowest BCUT2D eigenvalue weighted by atomic mass is 9.66. The van der Waals surface area contributed by atoms with Gasteiger partial charge in [-0.15, -0.1) is 24.9 Å². The number of carbonyl (C=O) groups excluding carboxylic acids is 3. The van der Waals surface area contributed by atoms with Crippen molar-refractivity contribution in [2.75, 3.05) is 59.1 Å². The number of morpholine rings is 1. The minimum Gasteiger partial charge on any atom is -0.394 e. The molecule has 1 spiro atoms. The van der Waals surface area contributed by atoms with Gasteiger partial charge >= 0.3 is 0 Å². The molecule has 0 aromatic heterocycles. The predicted octanol–water partition coefficient (Wildman–Crippen LogP) is 3.44. The van der Waals surface area contributed by atoms with Crippen molar-refractivity contribution in [3.05, 3.63) is 61.2 Å². The Bertz CT molecular complexity index is 1270. The third kappa shape index (κ3) is 6.55. The van der Waals surface area contributed by atoms with Gasteiger partial charge in [-0.1, -0.05) is 56.3 Å². The first-order valence-corrected chi connectivity index (χ1v) is 17.7. The van der Waals surface area contributed by atoms with Gasteiger partial charge in [-0.2, -0.15) is 0 Å². The van der Waals surface area contributed by atoms with Crippen molar-refractivity contribution in [2.24, 2.45) is 17.8 Å². The van der Waals surface area contributed by atoms with E-state index < -0.39 is 33.4 Å². The Balaban J connectivity index is 1.52. The van der Waals surface area contributed by atoms with Gasteiger partial charge in [0.05, 0.1) is 42.4 Å². The molecule has 4 aliphatic heterocycles. The molecule has 0 aliphatic carbocycles. The predicted molar refractivity (Wildman–Crippen MR) is 182 cm³/mol. The molecule has 9 nitrogen and oxygen atoms in total. The molecule has 2 bridgehead atoms. The van der Waals surface area contributed by atoms with Crippen LogP contribution in [-0.4, -0.2) is 123 Å². The number of amides is 3.